The molecule has 188 valence electrons. The summed E-state index contributed by atoms with van der Waals surface area (Å²) in [5.41, 5.74) is 5.65. The SMILES string of the molecule is CCOC(=O)[C@@H](Cc1ccc(-c2cc(OC)cc(OC)c2)cc1)N=C(c1ccccc1)c1ccccc1. The molecule has 0 saturated heterocycles. The fourth-order valence-corrected chi connectivity index (χ4v) is 4.11. The highest BCUT2D eigenvalue weighted by Crippen LogP contribution is 2.30. The first kappa shape index (κ1) is 25.7. The molecule has 5 nitrogen and oxygen atoms in total. The van der Waals surface area contributed by atoms with Crippen molar-refractivity contribution in [2.24, 2.45) is 4.99 Å². The zero-order valence-electron chi connectivity index (χ0n) is 21.4. The van der Waals surface area contributed by atoms with E-state index in [2.05, 4.69) is 0 Å². The van der Waals surface area contributed by atoms with Crippen LogP contribution in [0.1, 0.15) is 23.6 Å². The van der Waals surface area contributed by atoms with Crippen molar-refractivity contribution in [1.82, 2.24) is 0 Å². The van der Waals surface area contributed by atoms with Crippen molar-refractivity contribution in [3.63, 3.8) is 0 Å². The molecule has 0 bridgehead atoms. The summed E-state index contributed by atoms with van der Waals surface area (Å²) < 4.78 is 16.2. The van der Waals surface area contributed by atoms with Crippen LogP contribution in [0.2, 0.25) is 0 Å². The van der Waals surface area contributed by atoms with E-state index < -0.39 is 6.04 Å². The molecule has 4 rings (SSSR count). The van der Waals surface area contributed by atoms with Gasteiger partial charge in [-0.1, -0.05) is 84.9 Å². The summed E-state index contributed by atoms with van der Waals surface area (Å²) >= 11 is 0. The van der Waals surface area contributed by atoms with Crippen molar-refractivity contribution in [3.05, 3.63) is 120 Å². The molecule has 0 saturated carbocycles. The second kappa shape index (κ2) is 12.5. The summed E-state index contributed by atoms with van der Waals surface area (Å²) in [5, 5.41) is 0. The topological polar surface area (TPSA) is 57.1 Å². The van der Waals surface area contributed by atoms with Gasteiger partial charge in [0.25, 0.3) is 0 Å². The number of hydrogen-bond donors (Lipinski definition) is 0. The molecule has 4 aromatic carbocycles. The van der Waals surface area contributed by atoms with Crippen molar-refractivity contribution < 1.29 is 19.0 Å². The minimum atomic E-state index is -0.682. The largest absolute Gasteiger partial charge is 0.497 e. The van der Waals surface area contributed by atoms with Gasteiger partial charge in [0.1, 0.15) is 11.5 Å². The van der Waals surface area contributed by atoms with Gasteiger partial charge < -0.3 is 14.2 Å². The van der Waals surface area contributed by atoms with Crippen LogP contribution in [0.25, 0.3) is 11.1 Å². The van der Waals surface area contributed by atoms with Crippen LogP contribution in [0.3, 0.4) is 0 Å². The third-order valence-corrected chi connectivity index (χ3v) is 6.01. The van der Waals surface area contributed by atoms with Gasteiger partial charge in [-0.3, -0.25) is 4.99 Å². The Morgan fingerprint density at radius 3 is 1.76 bits per heavy atom. The second-order valence-electron chi connectivity index (χ2n) is 8.48. The average Bonchev–Trinajstić information content (AvgIpc) is 2.96. The summed E-state index contributed by atoms with van der Waals surface area (Å²) in [6.45, 7) is 2.11. The fraction of sp³-hybridized carbons (Fsp3) is 0.188. The number of esters is 1. The number of carbonyl (C=O) groups excluding carboxylic acids is 1. The van der Waals surface area contributed by atoms with E-state index in [9.17, 15) is 4.79 Å². The molecule has 0 fully saturated rings. The number of aliphatic imine (C=N–C) groups is 1. The maximum Gasteiger partial charge on any atom is 0.331 e. The molecule has 4 aromatic rings. The van der Waals surface area contributed by atoms with Crippen molar-refractivity contribution in [3.8, 4) is 22.6 Å². The molecule has 0 aliphatic carbocycles. The Morgan fingerprint density at radius 2 is 1.27 bits per heavy atom. The van der Waals surface area contributed by atoms with Crippen molar-refractivity contribution in [2.45, 2.75) is 19.4 Å². The van der Waals surface area contributed by atoms with E-state index in [1.165, 1.54) is 0 Å². The van der Waals surface area contributed by atoms with E-state index in [1.807, 2.05) is 110 Å². The van der Waals surface area contributed by atoms with Gasteiger partial charge in [-0.2, -0.15) is 0 Å². The molecule has 1 atom stereocenters. The maximum absolute atomic E-state index is 13.0. The predicted molar refractivity (Wildman–Crippen MR) is 148 cm³/mol. The number of nitrogens with zero attached hydrogens (tertiary/aromatic N) is 1. The van der Waals surface area contributed by atoms with E-state index in [4.69, 9.17) is 19.2 Å². The quantitative estimate of drug-likeness (QED) is 0.190. The Hall–Kier alpha value is -4.38. The number of benzene rings is 4. The van der Waals surface area contributed by atoms with Crippen molar-refractivity contribution in [2.75, 3.05) is 20.8 Å². The molecule has 5 heteroatoms. The molecule has 0 aliphatic rings. The van der Waals surface area contributed by atoms with E-state index in [0.29, 0.717) is 13.0 Å². The molecule has 0 spiro atoms. The van der Waals surface area contributed by atoms with E-state index in [0.717, 1.165) is 45.0 Å². The first-order valence-electron chi connectivity index (χ1n) is 12.3. The third-order valence-electron chi connectivity index (χ3n) is 6.01. The number of rotatable bonds is 10. The van der Waals surface area contributed by atoms with Crippen LogP contribution < -0.4 is 9.47 Å². The molecule has 0 N–H and O–H groups in total. The molecule has 37 heavy (non-hydrogen) atoms. The second-order valence-corrected chi connectivity index (χ2v) is 8.48. The Bertz CT molecular complexity index is 1270. The van der Waals surface area contributed by atoms with Gasteiger partial charge in [-0.15, -0.1) is 0 Å². The predicted octanol–water partition coefficient (Wildman–Crippen LogP) is 6.38. The lowest BCUT2D eigenvalue weighted by atomic mass is 9.99. The van der Waals surface area contributed by atoms with Crippen LogP contribution in [0.5, 0.6) is 11.5 Å². The number of methoxy groups -OCH3 is 2. The van der Waals surface area contributed by atoms with Crippen LogP contribution in [-0.2, 0) is 16.0 Å². The lowest BCUT2D eigenvalue weighted by molar-refractivity contribution is -0.144. The Kier molecular flexibility index (Phi) is 8.71. The smallest absolute Gasteiger partial charge is 0.331 e. The summed E-state index contributed by atoms with van der Waals surface area (Å²) in [5.74, 6) is 1.11. The van der Waals surface area contributed by atoms with Gasteiger partial charge in [-0.25, -0.2) is 4.79 Å². The van der Waals surface area contributed by atoms with E-state index in [-0.39, 0.29) is 5.97 Å². The lowest BCUT2D eigenvalue weighted by Crippen LogP contribution is -2.26. The van der Waals surface area contributed by atoms with E-state index >= 15 is 0 Å². The Balaban J connectivity index is 1.67. The fourth-order valence-electron chi connectivity index (χ4n) is 4.11. The first-order chi connectivity index (χ1) is 18.1. The Labute approximate surface area is 218 Å². The highest BCUT2D eigenvalue weighted by Gasteiger charge is 2.22. The van der Waals surface area contributed by atoms with Crippen LogP contribution in [0, 0.1) is 0 Å². The third kappa shape index (κ3) is 6.64. The normalized spacial score (nSPS) is 11.3. The highest BCUT2D eigenvalue weighted by molar-refractivity contribution is 6.13. The molecular formula is C32H31NO4. The molecule has 0 aliphatic heterocycles. The first-order valence-corrected chi connectivity index (χ1v) is 12.3. The molecule has 0 aromatic heterocycles. The van der Waals surface area contributed by atoms with Gasteiger partial charge >= 0.3 is 5.97 Å². The standard InChI is InChI=1S/C32H31NO4/c1-4-37-32(34)30(33-31(25-11-7-5-8-12-25)26-13-9-6-10-14-26)19-23-15-17-24(18-16-23)27-20-28(35-2)22-29(21-27)36-3/h5-18,20-22,30H,4,19H2,1-3H3/t30-/m1/s1. The summed E-state index contributed by atoms with van der Waals surface area (Å²) in [6, 6.07) is 33.0. The molecule has 0 unspecified atom stereocenters. The van der Waals surface area contributed by atoms with Crippen LogP contribution in [0.4, 0.5) is 0 Å². The van der Waals surface area contributed by atoms with E-state index in [1.54, 1.807) is 14.2 Å². The lowest BCUT2D eigenvalue weighted by Gasteiger charge is -2.16. The maximum atomic E-state index is 13.0. The molecule has 0 radical (unpaired) electrons. The van der Waals surface area contributed by atoms with Gasteiger partial charge in [0.05, 0.1) is 26.5 Å². The van der Waals surface area contributed by atoms with Gasteiger partial charge in [0, 0.05) is 23.6 Å². The number of ether oxygens (including phenoxy) is 3. The van der Waals surface area contributed by atoms with Gasteiger partial charge in [0.15, 0.2) is 6.04 Å². The van der Waals surface area contributed by atoms with Crippen molar-refractivity contribution in [1.29, 1.82) is 0 Å². The van der Waals surface area contributed by atoms with Crippen LogP contribution in [0.15, 0.2) is 108 Å². The highest BCUT2D eigenvalue weighted by atomic mass is 16.5. The minimum absolute atomic E-state index is 0.299. The zero-order valence-corrected chi connectivity index (χ0v) is 21.4. The van der Waals surface area contributed by atoms with Crippen LogP contribution in [-0.4, -0.2) is 38.5 Å². The molecule has 0 heterocycles. The average molecular weight is 494 g/mol. The van der Waals surface area contributed by atoms with Gasteiger partial charge in [-0.05, 0) is 35.7 Å². The van der Waals surface area contributed by atoms with Crippen LogP contribution >= 0.6 is 0 Å². The molecule has 0 amide bonds. The minimum Gasteiger partial charge on any atom is -0.497 e. The Morgan fingerprint density at radius 1 is 0.730 bits per heavy atom. The summed E-state index contributed by atoms with van der Waals surface area (Å²) in [4.78, 5) is 18.0. The summed E-state index contributed by atoms with van der Waals surface area (Å²) in [7, 11) is 3.27. The number of hydrogen-bond acceptors (Lipinski definition) is 5. The summed E-state index contributed by atoms with van der Waals surface area (Å²) in [6.07, 6.45) is 0.420. The molecular weight excluding hydrogens is 462 g/mol. The monoisotopic (exact) mass is 493 g/mol. The number of carbonyl (C=O) groups is 1. The van der Waals surface area contributed by atoms with Gasteiger partial charge in [0.2, 0.25) is 0 Å². The zero-order chi connectivity index (χ0) is 26.0. The van der Waals surface area contributed by atoms with Crippen molar-refractivity contribution >= 4 is 11.7 Å².